The molecular weight excluding hydrogens is 368 g/mol. The maximum Gasteiger partial charge on any atom is 0.291 e. The molecule has 0 spiro atoms. The van der Waals surface area contributed by atoms with Crippen molar-refractivity contribution in [3.63, 3.8) is 0 Å². The van der Waals surface area contributed by atoms with E-state index in [-0.39, 0.29) is 11.9 Å². The number of rotatable bonds is 5. The molecule has 0 radical (unpaired) electrons. The van der Waals surface area contributed by atoms with Crippen molar-refractivity contribution < 1.29 is 9.21 Å². The van der Waals surface area contributed by atoms with Gasteiger partial charge in [0.1, 0.15) is 5.00 Å². The van der Waals surface area contributed by atoms with Gasteiger partial charge in [0.05, 0.1) is 12.3 Å². The summed E-state index contributed by atoms with van der Waals surface area (Å²) in [6.45, 7) is 6.47. The molecule has 146 valence electrons. The lowest BCUT2D eigenvalue weighted by Gasteiger charge is -2.36. The number of benzene rings is 1. The van der Waals surface area contributed by atoms with E-state index in [1.54, 1.807) is 23.5 Å². The van der Waals surface area contributed by atoms with Crippen molar-refractivity contribution in [3.05, 3.63) is 76.1 Å². The fourth-order valence-electron chi connectivity index (χ4n) is 4.01. The van der Waals surface area contributed by atoms with E-state index >= 15 is 0 Å². The predicted molar refractivity (Wildman–Crippen MR) is 114 cm³/mol. The van der Waals surface area contributed by atoms with Crippen molar-refractivity contribution in [2.75, 3.05) is 18.4 Å². The zero-order valence-corrected chi connectivity index (χ0v) is 17.2. The highest BCUT2D eigenvalue weighted by Crippen LogP contribution is 2.43. The van der Waals surface area contributed by atoms with Gasteiger partial charge in [-0.3, -0.25) is 9.69 Å². The van der Waals surface area contributed by atoms with Crippen molar-refractivity contribution in [3.8, 4) is 0 Å². The van der Waals surface area contributed by atoms with Crippen LogP contribution in [0.15, 0.2) is 53.1 Å². The lowest BCUT2D eigenvalue weighted by Crippen LogP contribution is -2.35. The highest BCUT2D eigenvalue weighted by Gasteiger charge is 2.30. The van der Waals surface area contributed by atoms with Gasteiger partial charge in [-0.15, -0.1) is 11.3 Å². The largest absolute Gasteiger partial charge is 0.459 e. The van der Waals surface area contributed by atoms with Crippen molar-refractivity contribution in [1.29, 1.82) is 0 Å². The van der Waals surface area contributed by atoms with Crippen LogP contribution in [0.1, 0.15) is 57.4 Å². The van der Waals surface area contributed by atoms with Gasteiger partial charge < -0.3 is 9.73 Å². The van der Waals surface area contributed by atoms with Crippen LogP contribution in [0, 0.1) is 13.8 Å². The number of hydrogen-bond donors (Lipinski definition) is 1. The van der Waals surface area contributed by atoms with E-state index in [4.69, 9.17) is 4.42 Å². The third kappa shape index (κ3) is 3.77. The monoisotopic (exact) mass is 394 g/mol. The summed E-state index contributed by atoms with van der Waals surface area (Å²) >= 11 is 1.65. The van der Waals surface area contributed by atoms with Gasteiger partial charge in [0.25, 0.3) is 5.91 Å². The Morgan fingerprint density at radius 3 is 2.50 bits per heavy atom. The number of furan rings is 1. The summed E-state index contributed by atoms with van der Waals surface area (Å²) in [6, 6.07) is 14.2. The van der Waals surface area contributed by atoms with Crippen LogP contribution in [0.5, 0.6) is 0 Å². The Bertz CT molecular complexity index is 925. The zero-order chi connectivity index (χ0) is 19.5. The number of hydrogen-bond acceptors (Lipinski definition) is 4. The number of amides is 1. The molecule has 0 aliphatic carbocycles. The Morgan fingerprint density at radius 2 is 1.82 bits per heavy atom. The maximum absolute atomic E-state index is 12.7. The Balaban J connectivity index is 1.76. The van der Waals surface area contributed by atoms with Crippen molar-refractivity contribution in [2.45, 2.75) is 39.2 Å². The first-order valence-corrected chi connectivity index (χ1v) is 10.7. The number of carbonyl (C=O) groups is 1. The second-order valence-corrected chi connectivity index (χ2v) is 8.59. The van der Waals surface area contributed by atoms with Crippen LogP contribution >= 0.6 is 11.3 Å². The van der Waals surface area contributed by atoms with E-state index in [1.807, 2.05) is 0 Å². The summed E-state index contributed by atoms with van der Waals surface area (Å²) < 4.78 is 5.29. The molecule has 1 saturated heterocycles. The van der Waals surface area contributed by atoms with Crippen LogP contribution in [0.3, 0.4) is 0 Å². The zero-order valence-electron chi connectivity index (χ0n) is 16.4. The SMILES string of the molecule is Cc1sc(NC(=O)c2ccco2)c([C@@H](c2ccccc2)N2CCCCC2)c1C. The average Bonchev–Trinajstić information content (AvgIpc) is 3.35. The summed E-state index contributed by atoms with van der Waals surface area (Å²) in [5, 5.41) is 4.05. The molecule has 1 N–H and O–H groups in total. The second-order valence-electron chi connectivity index (χ2n) is 7.37. The highest BCUT2D eigenvalue weighted by molar-refractivity contribution is 7.16. The molecule has 1 fully saturated rings. The van der Waals surface area contributed by atoms with Gasteiger partial charge in [0, 0.05) is 10.4 Å². The van der Waals surface area contributed by atoms with E-state index in [9.17, 15) is 4.79 Å². The normalized spacial score (nSPS) is 16.1. The van der Waals surface area contributed by atoms with Crippen LogP contribution in [0.2, 0.25) is 0 Å². The standard InChI is InChI=1S/C23H26N2O2S/c1-16-17(2)28-23(24-22(26)19-12-9-15-27-19)20(16)21(18-10-5-3-6-11-18)25-13-7-4-8-14-25/h3,5-6,9-12,15,21H,4,7-8,13-14H2,1-2H3,(H,24,26)/t21-/m1/s1. The smallest absolute Gasteiger partial charge is 0.291 e. The topological polar surface area (TPSA) is 45.5 Å². The Kier molecular flexibility index (Phi) is 5.64. The third-order valence-corrected chi connectivity index (χ3v) is 6.69. The summed E-state index contributed by atoms with van der Waals surface area (Å²) in [5.41, 5.74) is 3.76. The molecule has 3 aromatic rings. The third-order valence-electron chi connectivity index (χ3n) is 5.55. The Hall–Kier alpha value is -2.37. The fraction of sp³-hybridized carbons (Fsp3) is 0.348. The average molecular weight is 395 g/mol. The number of nitrogens with zero attached hydrogens (tertiary/aromatic N) is 1. The van der Waals surface area contributed by atoms with E-state index < -0.39 is 0 Å². The second kappa shape index (κ2) is 8.33. The van der Waals surface area contributed by atoms with Crippen LogP contribution in [-0.4, -0.2) is 23.9 Å². The highest BCUT2D eigenvalue weighted by atomic mass is 32.1. The molecule has 4 rings (SSSR count). The fourth-order valence-corrected chi connectivity index (χ4v) is 5.10. The molecular formula is C23H26N2O2S. The first-order valence-electron chi connectivity index (χ1n) is 9.89. The minimum atomic E-state index is -0.196. The molecule has 4 nitrogen and oxygen atoms in total. The van der Waals surface area contributed by atoms with Gasteiger partial charge in [-0.05, 0) is 63.0 Å². The Labute approximate surface area is 170 Å². The minimum absolute atomic E-state index is 0.151. The summed E-state index contributed by atoms with van der Waals surface area (Å²) in [5.74, 6) is 0.141. The van der Waals surface area contributed by atoms with Crippen molar-refractivity contribution >= 4 is 22.2 Å². The maximum atomic E-state index is 12.7. The molecule has 3 heterocycles. The molecule has 1 aliphatic rings. The van der Waals surface area contributed by atoms with Gasteiger partial charge in [-0.25, -0.2) is 0 Å². The first kappa shape index (κ1) is 19.0. The number of thiophene rings is 1. The molecule has 0 unspecified atom stereocenters. The van der Waals surface area contributed by atoms with Gasteiger partial charge in [0.2, 0.25) is 0 Å². The van der Waals surface area contributed by atoms with Crippen LogP contribution < -0.4 is 5.32 Å². The van der Waals surface area contributed by atoms with Crippen LogP contribution in [0.25, 0.3) is 0 Å². The number of likely N-dealkylation sites (tertiary alicyclic amines) is 1. The number of nitrogens with one attached hydrogen (secondary N) is 1. The number of anilines is 1. The van der Waals surface area contributed by atoms with Gasteiger partial charge in [-0.2, -0.15) is 0 Å². The van der Waals surface area contributed by atoms with E-state index in [0.29, 0.717) is 5.76 Å². The number of piperidine rings is 1. The van der Waals surface area contributed by atoms with E-state index in [1.165, 1.54) is 47.1 Å². The summed E-state index contributed by atoms with van der Waals surface area (Å²) in [4.78, 5) is 16.5. The molecule has 28 heavy (non-hydrogen) atoms. The molecule has 2 aromatic heterocycles. The quantitative estimate of drug-likeness (QED) is 0.596. The predicted octanol–water partition coefficient (Wildman–Crippen LogP) is 5.79. The van der Waals surface area contributed by atoms with E-state index in [0.717, 1.165) is 18.1 Å². The molecule has 0 bridgehead atoms. The van der Waals surface area contributed by atoms with Crippen molar-refractivity contribution in [1.82, 2.24) is 4.90 Å². The van der Waals surface area contributed by atoms with Crippen LogP contribution in [0.4, 0.5) is 5.00 Å². The van der Waals surface area contributed by atoms with Crippen LogP contribution in [-0.2, 0) is 0 Å². The van der Waals surface area contributed by atoms with Gasteiger partial charge in [-0.1, -0.05) is 36.8 Å². The lowest BCUT2D eigenvalue weighted by molar-refractivity contribution is 0.0996. The molecule has 0 saturated carbocycles. The molecule has 1 aliphatic heterocycles. The molecule has 1 aromatic carbocycles. The Morgan fingerprint density at radius 1 is 1.07 bits per heavy atom. The van der Waals surface area contributed by atoms with Crippen molar-refractivity contribution in [2.24, 2.45) is 0 Å². The molecule has 5 heteroatoms. The first-order chi connectivity index (χ1) is 13.6. The minimum Gasteiger partial charge on any atom is -0.459 e. The summed E-state index contributed by atoms with van der Waals surface area (Å²) in [6.07, 6.45) is 5.27. The van der Waals surface area contributed by atoms with Gasteiger partial charge >= 0.3 is 0 Å². The number of aryl methyl sites for hydroxylation is 1. The van der Waals surface area contributed by atoms with E-state index in [2.05, 4.69) is 54.4 Å². The molecule has 1 amide bonds. The van der Waals surface area contributed by atoms with Gasteiger partial charge in [0.15, 0.2) is 5.76 Å². The molecule has 1 atom stereocenters. The lowest BCUT2D eigenvalue weighted by atomic mass is 9.93. The summed E-state index contributed by atoms with van der Waals surface area (Å²) in [7, 11) is 0. The number of carbonyl (C=O) groups excluding carboxylic acids is 1.